The lowest BCUT2D eigenvalue weighted by molar-refractivity contribution is 0.0747. The van der Waals surface area contributed by atoms with Crippen molar-refractivity contribution < 1.29 is 17.6 Å². The summed E-state index contributed by atoms with van der Waals surface area (Å²) in [5.41, 5.74) is 1.25. The van der Waals surface area contributed by atoms with E-state index in [1.54, 1.807) is 45.2 Å². The summed E-state index contributed by atoms with van der Waals surface area (Å²) in [5, 5.41) is 5.65. The van der Waals surface area contributed by atoms with E-state index in [0.29, 0.717) is 26.1 Å². The van der Waals surface area contributed by atoms with Crippen LogP contribution in [0.2, 0.25) is 0 Å². The van der Waals surface area contributed by atoms with Crippen LogP contribution >= 0.6 is 11.3 Å². The molecule has 0 radical (unpaired) electrons. The van der Waals surface area contributed by atoms with Gasteiger partial charge in [-0.3, -0.25) is 4.79 Å². The Kier molecular flexibility index (Phi) is 5.07. The molecule has 2 aromatic carbocycles. The third-order valence-electron chi connectivity index (χ3n) is 4.67. The summed E-state index contributed by atoms with van der Waals surface area (Å²) in [5.74, 6) is -0.599. The Hall–Kier alpha value is -2.29. The van der Waals surface area contributed by atoms with Gasteiger partial charge in [0.1, 0.15) is 5.82 Å². The predicted molar refractivity (Wildman–Crippen MR) is 105 cm³/mol. The van der Waals surface area contributed by atoms with Gasteiger partial charge in [0.05, 0.1) is 15.8 Å². The molecule has 8 heteroatoms. The van der Waals surface area contributed by atoms with E-state index in [4.69, 9.17) is 5.14 Å². The summed E-state index contributed by atoms with van der Waals surface area (Å²) in [6.45, 7) is 3.53. The van der Waals surface area contributed by atoms with E-state index in [9.17, 15) is 17.6 Å². The molecular weight excluding hydrogens is 387 g/mol. The van der Waals surface area contributed by atoms with Crippen molar-refractivity contribution in [1.29, 1.82) is 0 Å². The maximum absolute atomic E-state index is 14.1. The summed E-state index contributed by atoms with van der Waals surface area (Å²) in [4.78, 5) is 15.0. The quantitative estimate of drug-likeness (QED) is 0.715. The van der Waals surface area contributed by atoms with E-state index in [0.717, 1.165) is 0 Å². The van der Waals surface area contributed by atoms with Crippen LogP contribution in [0.1, 0.15) is 33.8 Å². The van der Waals surface area contributed by atoms with Crippen molar-refractivity contribution >= 4 is 37.4 Å². The number of nitrogens with zero attached hydrogens (tertiary/aromatic N) is 1. The first kappa shape index (κ1) is 19.5. The molecule has 0 fully saturated rings. The number of fused-ring (bicyclic) bond motifs is 1. The molecule has 0 aliphatic heterocycles. The number of halogens is 1. The average molecular weight is 407 g/mol. The zero-order valence-corrected chi connectivity index (χ0v) is 16.7. The Morgan fingerprint density at radius 1 is 1.22 bits per heavy atom. The number of benzene rings is 2. The molecule has 3 rings (SSSR count). The number of carbonyl (C=O) groups excluding carboxylic acids is 1. The standard InChI is InChI=1S/C19H19FN2O3S2/c1-11-17-15(20)8-5-9-16(17)26-18(11)19(23)22(3)12(2)13-6-4-7-14(10-13)27(21,24)25/h4-10,12H,1-3H3,(H2,21,24,25). The van der Waals surface area contributed by atoms with Crippen LogP contribution < -0.4 is 5.14 Å². The second-order valence-electron chi connectivity index (χ2n) is 6.38. The molecule has 1 heterocycles. The minimum Gasteiger partial charge on any atom is -0.334 e. The Morgan fingerprint density at radius 3 is 2.52 bits per heavy atom. The molecule has 0 saturated heterocycles. The van der Waals surface area contributed by atoms with Crippen LogP contribution in [0, 0.1) is 12.7 Å². The normalized spacial score (nSPS) is 12.9. The number of thiophene rings is 1. The summed E-state index contributed by atoms with van der Waals surface area (Å²) >= 11 is 1.25. The number of carbonyl (C=O) groups is 1. The van der Waals surface area contributed by atoms with Gasteiger partial charge in [-0.15, -0.1) is 11.3 Å². The fourth-order valence-corrected chi connectivity index (χ4v) is 4.74. The van der Waals surface area contributed by atoms with E-state index >= 15 is 0 Å². The van der Waals surface area contributed by atoms with Crippen molar-refractivity contribution in [3.63, 3.8) is 0 Å². The first-order chi connectivity index (χ1) is 12.6. The van der Waals surface area contributed by atoms with E-state index in [2.05, 4.69) is 0 Å². The summed E-state index contributed by atoms with van der Waals surface area (Å²) in [6, 6.07) is 10.6. The van der Waals surface area contributed by atoms with Gasteiger partial charge in [0.2, 0.25) is 10.0 Å². The fourth-order valence-electron chi connectivity index (χ4n) is 2.97. The number of sulfonamides is 1. The largest absolute Gasteiger partial charge is 0.334 e. The van der Waals surface area contributed by atoms with Gasteiger partial charge in [-0.2, -0.15) is 0 Å². The lowest BCUT2D eigenvalue weighted by Gasteiger charge is -2.25. The van der Waals surface area contributed by atoms with E-state index in [1.165, 1.54) is 34.4 Å². The van der Waals surface area contributed by atoms with E-state index in [-0.39, 0.29) is 16.6 Å². The Bertz CT molecular complexity index is 1140. The SMILES string of the molecule is Cc1c(C(=O)N(C)C(C)c2cccc(S(N)(=O)=O)c2)sc2cccc(F)c12. The number of hydrogen-bond donors (Lipinski definition) is 1. The van der Waals surface area contributed by atoms with Crippen molar-refractivity contribution in [2.24, 2.45) is 5.14 Å². The molecule has 3 aromatic rings. The second-order valence-corrected chi connectivity index (χ2v) is 8.99. The molecule has 0 saturated carbocycles. The summed E-state index contributed by atoms with van der Waals surface area (Å²) in [6.07, 6.45) is 0. The topological polar surface area (TPSA) is 80.5 Å². The van der Waals surface area contributed by atoms with Crippen LogP contribution in [-0.2, 0) is 10.0 Å². The molecule has 2 N–H and O–H groups in total. The molecule has 1 aromatic heterocycles. The highest BCUT2D eigenvalue weighted by molar-refractivity contribution is 7.89. The van der Waals surface area contributed by atoms with Crippen LogP contribution in [-0.4, -0.2) is 26.3 Å². The highest BCUT2D eigenvalue weighted by atomic mass is 32.2. The first-order valence-electron chi connectivity index (χ1n) is 8.18. The first-order valence-corrected chi connectivity index (χ1v) is 10.5. The molecule has 142 valence electrons. The van der Waals surface area contributed by atoms with Gasteiger partial charge in [0, 0.05) is 17.1 Å². The maximum atomic E-state index is 14.1. The van der Waals surface area contributed by atoms with Gasteiger partial charge in [-0.1, -0.05) is 18.2 Å². The second kappa shape index (κ2) is 7.03. The molecule has 0 bridgehead atoms. The molecule has 5 nitrogen and oxygen atoms in total. The Morgan fingerprint density at radius 2 is 1.89 bits per heavy atom. The van der Waals surface area contributed by atoms with E-state index in [1.807, 2.05) is 0 Å². The van der Waals surface area contributed by atoms with E-state index < -0.39 is 16.1 Å². The lowest BCUT2D eigenvalue weighted by Crippen LogP contribution is -2.29. The zero-order chi connectivity index (χ0) is 19.9. The minimum atomic E-state index is -3.83. The Balaban J connectivity index is 1.96. The average Bonchev–Trinajstić information content (AvgIpc) is 2.97. The molecule has 0 spiro atoms. The van der Waals surface area contributed by atoms with Crippen LogP contribution in [0.15, 0.2) is 47.4 Å². The number of rotatable bonds is 4. The smallest absolute Gasteiger partial charge is 0.264 e. The number of hydrogen-bond acceptors (Lipinski definition) is 4. The lowest BCUT2D eigenvalue weighted by atomic mass is 10.1. The van der Waals surface area contributed by atoms with Crippen LogP contribution in [0.25, 0.3) is 10.1 Å². The highest BCUT2D eigenvalue weighted by Gasteiger charge is 2.24. The fraction of sp³-hybridized carbons (Fsp3) is 0.211. The van der Waals surface area contributed by atoms with Gasteiger partial charge in [-0.05, 0) is 49.2 Å². The van der Waals surface area contributed by atoms with Gasteiger partial charge in [0.15, 0.2) is 0 Å². The van der Waals surface area contributed by atoms with Crippen molar-refractivity contribution in [3.8, 4) is 0 Å². The van der Waals surface area contributed by atoms with Gasteiger partial charge >= 0.3 is 0 Å². The molecule has 1 atom stereocenters. The Labute approximate surface area is 161 Å². The maximum Gasteiger partial charge on any atom is 0.264 e. The van der Waals surface area contributed by atoms with Crippen LogP contribution in [0.3, 0.4) is 0 Å². The van der Waals surface area contributed by atoms with Crippen LogP contribution in [0.5, 0.6) is 0 Å². The summed E-state index contributed by atoms with van der Waals surface area (Å²) in [7, 11) is -2.19. The van der Waals surface area contributed by atoms with Crippen molar-refractivity contribution in [1.82, 2.24) is 4.90 Å². The molecular formula is C19H19FN2O3S2. The van der Waals surface area contributed by atoms with Crippen molar-refractivity contribution in [2.45, 2.75) is 24.8 Å². The van der Waals surface area contributed by atoms with Crippen molar-refractivity contribution in [3.05, 3.63) is 64.3 Å². The predicted octanol–water partition coefficient (Wildman–Crippen LogP) is 3.83. The third-order valence-corrected chi connectivity index (χ3v) is 6.82. The monoisotopic (exact) mass is 406 g/mol. The highest BCUT2D eigenvalue weighted by Crippen LogP contribution is 2.34. The molecule has 1 amide bonds. The molecule has 27 heavy (non-hydrogen) atoms. The van der Waals surface area contributed by atoms with Gasteiger partial charge in [-0.25, -0.2) is 17.9 Å². The minimum absolute atomic E-state index is 0.00665. The number of aryl methyl sites for hydroxylation is 1. The zero-order valence-electron chi connectivity index (χ0n) is 15.1. The summed E-state index contributed by atoms with van der Waals surface area (Å²) < 4.78 is 38.0. The molecule has 0 aliphatic rings. The number of nitrogens with two attached hydrogens (primary N) is 1. The number of primary sulfonamides is 1. The number of amides is 1. The van der Waals surface area contributed by atoms with Crippen molar-refractivity contribution in [2.75, 3.05) is 7.05 Å². The van der Waals surface area contributed by atoms with Crippen LogP contribution in [0.4, 0.5) is 4.39 Å². The molecule has 0 aliphatic carbocycles. The third kappa shape index (κ3) is 3.60. The van der Waals surface area contributed by atoms with Gasteiger partial charge < -0.3 is 4.90 Å². The van der Waals surface area contributed by atoms with Gasteiger partial charge in [0.25, 0.3) is 5.91 Å². The molecule has 1 unspecified atom stereocenters.